The highest BCUT2D eigenvalue weighted by molar-refractivity contribution is 9.11. The SMILES string of the molecule is COC(CN)OC.COC(CNc1nc(Cl)ncc1Br)OC.Clc1ncc(Br)c(Cl)n1. The number of aromatic nitrogens is 4. The first-order valence-electron chi connectivity index (χ1n) is 8.28. The molecule has 0 bridgehead atoms. The van der Waals surface area contributed by atoms with Gasteiger partial charge in [-0.25, -0.2) is 15.0 Å². The van der Waals surface area contributed by atoms with Crippen LogP contribution < -0.4 is 11.1 Å². The van der Waals surface area contributed by atoms with E-state index in [1.807, 2.05) is 0 Å². The number of nitrogens with one attached hydrogen (secondary N) is 1. The topological polar surface area (TPSA) is 127 Å². The predicted molar refractivity (Wildman–Crippen MR) is 128 cm³/mol. The number of hydrogen-bond donors (Lipinski definition) is 2. The second-order valence-electron chi connectivity index (χ2n) is 5.03. The molecule has 2 rings (SSSR count). The van der Waals surface area contributed by atoms with Crippen molar-refractivity contribution in [3.05, 3.63) is 37.1 Å². The van der Waals surface area contributed by atoms with E-state index in [2.05, 4.69) is 57.1 Å². The highest BCUT2D eigenvalue weighted by atomic mass is 79.9. The van der Waals surface area contributed by atoms with E-state index in [-0.39, 0.29) is 23.1 Å². The monoisotopic (exact) mass is 626 g/mol. The van der Waals surface area contributed by atoms with Gasteiger partial charge in [0, 0.05) is 47.4 Å². The Labute approximate surface area is 212 Å². The maximum Gasteiger partial charge on any atom is 0.224 e. The third kappa shape index (κ3) is 13.7. The number of methoxy groups -OCH3 is 4. The third-order valence-electron chi connectivity index (χ3n) is 3.07. The Morgan fingerprint density at radius 3 is 1.74 bits per heavy atom. The lowest BCUT2D eigenvalue weighted by molar-refractivity contribution is -0.0940. The zero-order chi connectivity index (χ0) is 23.8. The second kappa shape index (κ2) is 18.1. The molecule has 31 heavy (non-hydrogen) atoms. The standard InChI is InChI=1S/C8H11BrClN3O2.C4HBrCl2N2.C4H11NO2/c1-14-6(15-2)4-11-7-5(9)3-12-8(10)13-7;5-2-1-8-4(7)9-3(2)6;1-6-4(3-5)7-2/h3,6H,4H2,1-2H3,(H,11,12,13);1H;4H,3,5H2,1-2H3. The second-order valence-corrected chi connectivity index (χ2v) is 7.77. The molecule has 0 unspecified atom stereocenters. The predicted octanol–water partition coefficient (Wildman–Crippen LogP) is 4.03. The molecule has 0 saturated carbocycles. The molecule has 3 N–H and O–H groups in total. The highest BCUT2D eigenvalue weighted by Crippen LogP contribution is 2.20. The van der Waals surface area contributed by atoms with E-state index < -0.39 is 0 Å². The summed E-state index contributed by atoms with van der Waals surface area (Å²) in [5.41, 5.74) is 5.14. The van der Waals surface area contributed by atoms with Crippen LogP contribution in [0.4, 0.5) is 5.82 Å². The number of rotatable bonds is 8. The maximum atomic E-state index is 5.65. The third-order valence-corrected chi connectivity index (χ3v) is 5.11. The van der Waals surface area contributed by atoms with Gasteiger partial charge in [-0.3, -0.25) is 0 Å². The summed E-state index contributed by atoms with van der Waals surface area (Å²) in [6, 6.07) is 0. The van der Waals surface area contributed by atoms with Crippen molar-refractivity contribution in [2.45, 2.75) is 12.6 Å². The molecule has 0 aromatic carbocycles. The lowest BCUT2D eigenvalue weighted by Crippen LogP contribution is -2.24. The Bertz CT molecular complexity index is 756. The number of nitrogens with zero attached hydrogens (tertiary/aromatic N) is 4. The summed E-state index contributed by atoms with van der Waals surface area (Å²) in [6.07, 6.45) is 2.51. The van der Waals surface area contributed by atoms with E-state index in [0.29, 0.717) is 28.5 Å². The summed E-state index contributed by atoms with van der Waals surface area (Å²) in [5, 5.41) is 3.69. The zero-order valence-electron chi connectivity index (χ0n) is 17.1. The van der Waals surface area contributed by atoms with Crippen LogP contribution in [0.15, 0.2) is 21.3 Å². The van der Waals surface area contributed by atoms with Gasteiger partial charge in [0.05, 0.1) is 15.5 Å². The number of anilines is 1. The van der Waals surface area contributed by atoms with Crippen LogP contribution >= 0.6 is 66.7 Å². The summed E-state index contributed by atoms with van der Waals surface area (Å²) < 4.78 is 20.8. The van der Waals surface area contributed by atoms with Crippen molar-refractivity contribution in [2.75, 3.05) is 46.8 Å². The number of nitrogens with two attached hydrogens (primary N) is 1. The summed E-state index contributed by atoms with van der Waals surface area (Å²) in [7, 11) is 6.25. The Morgan fingerprint density at radius 2 is 1.35 bits per heavy atom. The number of hydrogen-bond acceptors (Lipinski definition) is 10. The van der Waals surface area contributed by atoms with Gasteiger partial charge in [-0.1, -0.05) is 11.6 Å². The molecule has 2 heterocycles. The van der Waals surface area contributed by atoms with Crippen LogP contribution in [0.5, 0.6) is 0 Å². The lowest BCUT2D eigenvalue weighted by atomic mass is 10.5. The van der Waals surface area contributed by atoms with Crippen LogP contribution in [0.3, 0.4) is 0 Å². The van der Waals surface area contributed by atoms with Crippen molar-refractivity contribution in [1.29, 1.82) is 0 Å². The van der Waals surface area contributed by atoms with Crippen LogP contribution in [-0.4, -0.2) is 74.0 Å². The first-order chi connectivity index (χ1) is 14.7. The first kappa shape index (κ1) is 30.6. The highest BCUT2D eigenvalue weighted by Gasteiger charge is 2.08. The van der Waals surface area contributed by atoms with E-state index in [9.17, 15) is 0 Å². The molecular formula is C16H23Br2Cl3N6O4. The Kier molecular flexibility index (Phi) is 17.8. The minimum Gasteiger partial charge on any atom is -0.364 e. The van der Waals surface area contributed by atoms with E-state index in [4.69, 9.17) is 59.5 Å². The Hall–Kier alpha value is -0.410. The molecule has 2 aromatic heterocycles. The van der Waals surface area contributed by atoms with Crippen LogP contribution in [-0.2, 0) is 18.9 Å². The molecule has 0 saturated heterocycles. The van der Waals surface area contributed by atoms with Crippen molar-refractivity contribution < 1.29 is 18.9 Å². The van der Waals surface area contributed by atoms with Crippen molar-refractivity contribution in [3.8, 4) is 0 Å². The van der Waals surface area contributed by atoms with Crippen LogP contribution in [0.1, 0.15) is 0 Å². The minimum atomic E-state index is -0.328. The molecule has 10 nitrogen and oxygen atoms in total. The van der Waals surface area contributed by atoms with Gasteiger partial charge in [0.1, 0.15) is 11.0 Å². The van der Waals surface area contributed by atoms with Gasteiger partial charge in [0.25, 0.3) is 0 Å². The molecule has 0 amide bonds. The smallest absolute Gasteiger partial charge is 0.224 e. The Morgan fingerprint density at radius 1 is 0.871 bits per heavy atom. The molecule has 0 radical (unpaired) electrons. The van der Waals surface area contributed by atoms with E-state index >= 15 is 0 Å². The van der Waals surface area contributed by atoms with Gasteiger partial charge in [-0.05, 0) is 55.1 Å². The fraction of sp³-hybridized carbons (Fsp3) is 0.500. The molecule has 0 atom stereocenters. The van der Waals surface area contributed by atoms with Crippen molar-refractivity contribution in [2.24, 2.45) is 5.73 Å². The number of halogens is 5. The largest absolute Gasteiger partial charge is 0.364 e. The zero-order valence-corrected chi connectivity index (χ0v) is 22.6. The molecule has 0 aliphatic rings. The number of ether oxygens (including phenoxy) is 4. The molecule has 0 aliphatic carbocycles. The minimum absolute atomic E-state index is 0.156. The summed E-state index contributed by atoms with van der Waals surface area (Å²) >= 11 is 23.0. The molecular weight excluding hydrogens is 606 g/mol. The van der Waals surface area contributed by atoms with Crippen molar-refractivity contribution >= 4 is 72.5 Å². The van der Waals surface area contributed by atoms with Crippen LogP contribution in [0.2, 0.25) is 15.7 Å². The van der Waals surface area contributed by atoms with Gasteiger partial charge in [0.2, 0.25) is 10.6 Å². The molecule has 2 aromatic rings. The molecule has 176 valence electrons. The molecule has 0 fully saturated rings. The quantitative estimate of drug-likeness (QED) is 0.251. The average Bonchev–Trinajstić information content (AvgIpc) is 2.76. The summed E-state index contributed by atoms with van der Waals surface area (Å²) in [5.74, 6) is 0.606. The Balaban J connectivity index is 0.000000479. The lowest BCUT2D eigenvalue weighted by Gasteiger charge is -2.14. The van der Waals surface area contributed by atoms with E-state index in [1.165, 1.54) is 6.20 Å². The average molecular weight is 630 g/mol. The summed E-state index contributed by atoms with van der Waals surface area (Å²) in [4.78, 5) is 15.1. The molecule has 0 aliphatic heterocycles. The normalized spacial score (nSPS) is 10.3. The van der Waals surface area contributed by atoms with Crippen LogP contribution in [0, 0.1) is 0 Å². The van der Waals surface area contributed by atoms with Crippen molar-refractivity contribution in [1.82, 2.24) is 19.9 Å². The van der Waals surface area contributed by atoms with E-state index in [1.54, 1.807) is 34.6 Å². The van der Waals surface area contributed by atoms with Crippen LogP contribution in [0.25, 0.3) is 0 Å². The van der Waals surface area contributed by atoms with Gasteiger partial charge in [-0.15, -0.1) is 0 Å². The van der Waals surface area contributed by atoms with Gasteiger partial charge >= 0.3 is 0 Å². The fourth-order valence-corrected chi connectivity index (χ4v) is 2.49. The maximum absolute atomic E-state index is 5.65. The fourth-order valence-electron chi connectivity index (χ4n) is 1.53. The summed E-state index contributed by atoms with van der Waals surface area (Å²) in [6.45, 7) is 0.881. The molecule has 15 heteroatoms. The first-order valence-corrected chi connectivity index (χ1v) is 11.0. The van der Waals surface area contributed by atoms with Gasteiger partial charge in [0.15, 0.2) is 12.6 Å². The van der Waals surface area contributed by atoms with E-state index in [0.717, 1.165) is 4.47 Å². The molecule has 0 spiro atoms. The van der Waals surface area contributed by atoms with Gasteiger partial charge < -0.3 is 30.0 Å². The van der Waals surface area contributed by atoms with Crippen molar-refractivity contribution in [3.63, 3.8) is 0 Å². The van der Waals surface area contributed by atoms with Gasteiger partial charge in [-0.2, -0.15) is 4.98 Å².